The zero-order chi connectivity index (χ0) is 4.50. The SMILES string of the molecule is O=P(O)(O)O.[K+].[K+]. The fourth-order valence-electron chi connectivity index (χ4n) is 0. The van der Waals surface area contributed by atoms with Crippen LogP contribution in [0.25, 0.3) is 0 Å². The third-order valence-electron chi connectivity index (χ3n) is 0. The van der Waals surface area contributed by atoms with Crippen LogP contribution in [0.5, 0.6) is 0 Å². The molecule has 0 aliphatic heterocycles. The van der Waals surface area contributed by atoms with Crippen molar-refractivity contribution < 1.29 is 122 Å². The molecular formula is H3K2O4P+2. The predicted molar refractivity (Wildman–Crippen MR) is 14.3 cm³/mol. The fraction of sp³-hybridized carbons (Fsp3) is 0. The molecule has 4 nitrogen and oxygen atoms in total. The molecule has 0 aliphatic rings. The van der Waals surface area contributed by atoms with Gasteiger partial charge in [0.2, 0.25) is 0 Å². The van der Waals surface area contributed by atoms with E-state index in [0.717, 1.165) is 0 Å². The molecule has 0 bridgehead atoms. The summed E-state index contributed by atoms with van der Waals surface area (Å²) in [6, 6.07) is 0. The van der Waals surface area contributed by atoms with Gasteiger partial charge in [-0.15, -0.1) is 0 Å². The minimum absolute atomic E-state index is 0. The molecule has 0 fully saturated rings. The summed E-state index contributed by atoms with van der Waals surface area (Å²) in [5, 5.41) is 0. The molecule has 7 heteroatoms. The monoisotopic (exact) mass is 176 g/mol. The van der Waals surface area contributed by atoms with Crippen LogP contribution in [0.2, 0.25) is 0 Å². The van der Waals surface area contributed by atoms with Crippen molar-refractivity contribution in [3.8, 4) is 0 Å². The van der Waals surface area contributed by atoms with E-state index < -0.39 is 7.82 Å². The summed E-state index contributed by atoms with van der Waals surface area (Å²) in [6.45, 7) is 0. The Labute approximate surface area is 126 Å². The van der Waals surface area contributed by atoms with Gasteiger partial charge in [-0.2, -0.15) is 0 Å². The topological polar surface area (TPSA) is 77.8 Å². The predicted octanol–water partition coefficient (Wildman–Crippen LogP) is -6.92. The van der Waals surface area contributed by atoms with Crippen LogP contribution in [0, 0.1) is 0 Å². The van der Waals surface area contributed by atoms with Crippen LogP contribution in [0.4, 0.5) is 0 Å². The molecule has 0 saturated carbocycles. The Hall–Kier alpha value is 3.38. The second-order valence-electron chi connectivity index (χ2n) is 0.513. The van der Waals surface area contributed by atoms with Gasteiger partial charge < -0.3 is 14.7 Å². The van der Waals surface area contributed by atoms with Gasteiger partial charge in [0.1, 0.15) is 0 Å². The van der Waals surface area contributed by atoms with Crippen LogP contribution in [0.1, 0.15) is 0 Å². The van der Waals surface area contributed by atoms with Crippen molar-refractivity contribution in [1.29, 1.82) is 0 Å². The maximum absolute atomic E-state index is 8.88. The van der Waals surface area contributed by atoms with E-state index in [1.807, 2.05) is 0 Å². The van der Waals surface area contributed by atoms with E-state index in [9.17, 15) is 0 Å². The van der Waals surface area contributed by atoms with Crippen molar-refractivity contribution in [1.82, 2.24) is 0 Å². The Balaban J connectivity index is -0.0000000800. The third kappa shape index (κ3) is 44.7. The Bertz CT molecular complexity index is 55.8. The Morgan fingerprint density at radius 1 is 1.00 bits per heavy atom. The van der Waals surface area contributed by atoms with E-state index in [1.165, 1.54) is 0 Å². The van der Waals surface area contributed by atoms with Crippen molar-refractivity contribution in [2.45, 2.75) is 0 Å². The minimum atomic E-state index is -4.64. The summed E-state index contributed by atoms with van der Waals surface area (Å²) in [5.74, 6) is 0. The molecule has 7 heavy (non-hydrogen) atoms. The van der Waals surface area contributed by atoms with Crippen molar-refractivity contribution in [3.05, 3.63) is 0 Å². The van der Waals surface area contributed by atoms with Crippen LogP contribution < -0.4 is 103 Å². The van der Waals surface area contributed by atoms with E-state index in [0.29, 0.717) is 0 Å². The molecule has 0 aromatic heterocycles. The molecule has 0 aromatic carbocycles. The van der Waals surface area contributed by atoms with Gasteiger partial charge in [-0.1, -0.05) is 0 Å². The summed E-state index contributed by atoms with van der Waals surface area (Å²) in [5.41, 5.74) is 0. The van der Waals surface area contributed by atoms with E-state index in [-0.39, 0.29) is 103 Å². The van der Waals surface area contributed by atoms with Crippen molar-refractivity contribution in [2.24, 2.45) is 0 Å². The minimum Gasteiger partial charge on any atom is -0.303 e. The number of phosphoric acid groups is 1. The van der Waals surface area contributed by atoms with Crippen LogP contribution in [-0.4, -0.2) is 14.7 Å². The Morgan fingerprint density at radius 3 is 1.00 bits per heavy atom. The standard InChI is InChI=1S/2K.H3O4P/c;;1-5(2,3)4/h;;(H3,1,2,3,4)/q2*+1;. The van der Waals surface area contributed by atoms with Crippen LogP contribution >= 0.6 is 7.82 Å². The van der Waals surface area contributed by atoms with Crippen molar-refractivity contribution >= 4 is 7.82 Å². The van der Waals surface area contributed by atoms with Gasteiger partial charge in [-0.3, -0.25) is 0 Å². The molecule has 0 rings (SSSR count). The first-order chi connectivity index (χ1) is 2.00. The van der Waals surface area contributed by atoms with E-state index in [4.69, 9.17) is 19.2 Å². The number of hydrogen-bond donors (Lipinski definition) is 3. The molecule has 3 N–H and O–H groups in total. The summed E-state index contributed by atoms with van der Waals surface area (Å²) >= 11 is 0. The molecule has 0 atom stereocenters. The van der Waals surface area contributed by atoms with Gasteiger partial charge in [0, 0.05) is 0 Å². The second kappa shape index (κ2) is 7.49. The largest absolute Gasteiger partial charge is 1.00 e. The Morgan fingerprint density at radius 2 is 1.00 bits per heavy atom. The first-order valence-electron chi connectivity index (χ1n) is 0.783. The summed E-state index contributed by atoms with van der Waals surface area (Å²) in [7, 11) is -4.64. The number of rotatable bonds is 0. The quantitative estimate of drug-likeness (QED) is 0.253. The average molecular weight is 176 g/mol. The van der Waals surface area contributed by atoms with E-state index >= 15 is 0 Å². The van der Waals surface area contributed by atoms with E-state index in [2.05, 4.69) is 0 Å². The van der Waals surface area contributed by atoms with Gasteiger partial charge in [-0.25, -0.2) is 4.57 Å². The smallest absolute Gasteiger partial charge is 0.303 e. The van der Waals surface area contributed by atoms with Gasteiger partial charge in [-0.05, 0) is 0 Å². The maximum atomic E-state index is 8.88. The first-order valence-corrected chi connectivity index (χ1v) is 2.35. The molecule has 0 radical (unpaired) electrons. The van der Waals surface area contributed by atoms with Gasteiger partial charge in [0.05, 0.1) is 0 Å². The summed E-state index contributed by atoms with van der Waals surface area (Å²) in [4.78, 5) is 21.6. The van der Waals surface area contributed by atoms with Crippen LogP contribution in [-0.2, 0) is 4.57 Å². The molecule has 0 spiro atoms. The Kier molecular flexibility index (Phi) is 17.9. The number of hydrogen-bond acceptors (Lipinski definition) is 1. The first kappa shape index (κ1) is 16.8. The van der Waals surface area contributed by atoms with Crippen molar-refractivity contribution in [3.63, 3.8) is 0 Å². The van der Waals surface area contributed by atoms with Gasteiger partial charge in [0.15, 0.2) is 0 Å². The third-order valence-corrected chi connectivity index (χ3v) is 0. The average Bonchev–Trinajstić information content (AvgIpc) is 0.722. The molecule has 0 heterocycles. The zero-order valence-electron chi connectivity index (χ0n) is 4.20. The molecule has 0 aliphatic carbocycles. The summed E-state index contributed by atoms with van der Waals surface area (Å²) in [6.07, 6.45) is 0. The van der Waals surface area contributed by atoms with Crippen LogP contribution in [0.3, 0.4) is 0 Å². The van der Waals surface area contributed by atoms with Gasteiger partial charge in [0.25, 0.3) is 0 Å². The maximum Gasteiger partial charge on any atom is 1.00 e. The molecule has 0 amide bonds. The molecule has 0 saturated heterocycles. The van der Waals surface area contributed by atoms with Gasteiger partial charge >= 0.3 is 111 Å². The second-order valence-corrected chi connectivity index (χ2v) is 1.54. The van der Waals surface area contributed by atoms with E-state index in [1.54, 1.807) is 0 Å². The normalized spacial score (nSPS) is 8.43. The van der Waals surface area contributed by atoms with Crippen LogP contribution in [0.15, 0.2) is 0 Å². The molecule has 0 unspecified atom stereocenters. The molecular weight excluding hydrogens is 173 g/mol. The molecule has 0 aromatic rings. The fourth-order valence-corrected chi connectivity index (χ4v) is 0. The molecule has 32 valence electrons. The summed E-state index contributed by atoms with van der Waals surface area (Å²) < 4.78 is 8.88. The van der Waals surface area contributed by atoms with Crippen molar-refractivity contribution in [2.75, 3.05) is 0 Å². The zero-order valence-corrected chi connectivity index (χ0v) is 11.3.